The summed E-state index contributed by atoms with van der Waals surface area (Å²) < 4.78 is 25.6. The van der Waals surface area contributed by atoms with E-state index in [0.717, 1.165) is 5.56 Å². The number of nitrogens with zero attached hydrogens (tertiary/aromatic N) is 1. The minimum Gasteiger partial charge on any atom is -0.395 e. The first-order chi connectivity index (χ1) is 12.4. The maximum absolute atomic E-state index is 12.2. The van der Waals surface area contributed by atoms with E-state index in [0.29, 0.717) is 17.8 Å². The van der Waals surface area contributed by atoms with Crippen LogP contribution in [-0.4, -0.2) is 51.0 Å². The zero-order valence-corrected chi connectivity index (χ0v) is 15.6. The molecule has 0 aliphatic rings. The van der Waals surface area contributed by atoms with Gasteiger partial charge in [0.25, 0.3) is 5.91 Å². The average molecular weight is 377 g/mol. The number of aliphatic hydroxyl groups excluding tert-OH is 1. The predicted octanol–water partition coefficient (Wildman–Crippen LogP) is 1.27. The summed E-state index contributed by atoms with van der Waals surface area (Å²) in [5, 5.41) is 14.6. The second-order valence-electron chi connectivity index (χ2n) is 5.81. The second-order valence-corrected chi connectivity index (χ2v) is 7.97. The van der Waals surface area contributed by atoms with Crippen LogP contribution in [0.2, 0.25) is 0 Å². The van der Waals surface area contributed by atoms with Crippen LogP contribution < -0.4 is 10.6 Å². The van der Waals surface area contributed by atoms with E-state index in [1.807, 2.05) is 6.07 Å². The molecule has 1 amide bonds. The summed E-state index contributed by atoms with van der Waals surface area (Å²) in [5.74, 6) is -0.286. The van der Waals surface area contributed by atoms with E-state index in [9.17, 15) is 13.2 Å². The van der Waals surface area contributed by atoms with Gasteiger partial charge in [0.1, 0.15) is 0 Å². The monoisotopic (exact) mass is 377 g/mol. The second kappa shape index (κ2) is 8.79. The third kappa shape index (κ3) is 4.81. The smallest absolute Gasteiger partial charge is 0.253 e. The first kappa shape index (κ1) is 19.9. The lowest BCUT2D eigenvalue weighted by Gasteiger charge is -2.14. The van der Waals surface area contributed by atoms with Crippen LogP contribution in [0.5, 0.6) is 0 Å². The number of benzene rings is 2. The lowest BCUT2D eigenvalue weighted by atomic mass is 10.1. The fraction of sp³-hybridized carbons (Fsp3) is 0.278. The molecule has 0 aromatic heterocycles. The van der Waals surface area contributed by atoms with E-state index in [-0.39, 0.29) is 24.0 Å². The first-order valence-corrected chi connectivity index (χ1v) is 9.53. The fourth-order valence-corrected chi connectivity index (χ4v) is 3.30. The van der Waals surface area contributed by atoms with Crippen LogP contribution in [0.15, 0.2) is 53.4 Å². The van der Waals surface area contributed by atoms with Crippen molar-refractivity contribution in [3.63, 3.8) is 0 Å². The van der Waals surface area contributed by atoms with E-state index in [1.165, 1.54) is 18.4 Å². The molecule has 26 heavy (non-hydrogen) atoms. The van der Waals surface area contributed by atoms with Crippen molar-refractivity contribution in [1.82, 2.24) is 9.62 Å². The summed E-state index contributed by atoms with van der Waals surface area (Å²) in [4.78, 5) is 12.4. The maximum atomic E-state index is 12.2. The average Bonchev–Trinajstić information content (AvgIpc) is 2.64. The van der Waals surface area contributed by atoms with Crippen molar-refractivity contribution >= 4 is 21.6 Å². The molecule has 0 saturated heterocycles. The number of aliphatic hydroxyl groups is 1. The van der Waals surface area contributed by atoms with Gasteiger partial charge in [-0.1, -0.05) is 24.3 Å². The molecule has 0 bridgehead atoms. The number of hydrogen-bond donors (Lipinski definition) is 3. The third-order valence-electron chi connectivity index (χ3n) is 3.73. The van der Waals surface area contributed by atoms with Gasteiger partial charge >= 0.3 is 0 Å². The Morgan fingerprint density at radius 1 is 1.12 bits per heavy atom. The van der Waals surface area contributed by atoms with Crippen LogP contribution in [0.4, 0.5) is 5.69 Å². The van der Waals surface area contributed by atoms with Crippen LogP contribution >= 0.6 is 0 Å². The molecule has 0 fully saturated rings. The Bertz CT molecular complexity index is 866. The number of sulfonamides is 1. The van der Waals surface area contributed by atoms with Crippen molar-refractivity contribution < 1.29 is 18.3 Å². The molecule has 0 aliphatic heterocycles. The SMILES string of the molecule is CN(C)S(=O)(=O)c1cccc(CNc2ccccc2C(=O)NCCO)c1. The number of carbonyl (C=O) groups is 1. The van der Waals surface area contributed by atoms with Crippen molar-refractivity contribution in [3.8, 4) is 0 Å². The van der Waals surface area contributed by atoms with Crippen molar-refractivity contribution in [2.24, 2.45) is 0 Å². The Kier molecular flexibility index (Phi) is 6.73. The van der Waals surface area contributed by atoms with E-state index in [4.69, 9.17) is 5.11 Å². The number of para-hydroxylation sites is 1. The van der Waals surface area contributed by atoms with Gasteiger partial charge in [0.15, 0.2) is 0 Å². The van der Waals surface area contributed by atoms with Crippen molar-refractivity contribution in [3.05, 3.63) is 59.7 Å². The van der Waals surface area contributed by atoms with Crippen molar-refractivity contribution in [2.45, 2.75) is 11.4 Å². The highest BCUT2D eigenvalue weighted by atomic mass is 32.2. The predicted molar refractivity (Wildman–Crippen MR) is 101 cm³/mol. The Morgan fingerprint density at radius 3 is 2.54 bits per heavy atom. The zero-order valence-electron chi connectivity index (χ0n) is 14.8. The van der Waals surface area contributed by atoms with E-state index >= 15 is 0 Å². The van der Waals surface area contributed by atoms with E-state index < -0.39 is 10.0 Å². The molecule has 0 unspecified atom stereocenters. The van der Waals surface area contributed by atoms with Crippen LogP contribution in [0, 0.1) is 0 Å². The van der Waals surface area contributed by atoms with Crippen LogP contribution in [-0.2, 0) is 16.6 Å². The van der Waals surface area contributed by atoms with Gasteiger partial charge in [-0.2, -0.15) is 0 Å². The van der Waals surface area contributed by atoms with Crippen LogP contribution in [0.3, 0.4) is 0 Å². The highest BCUT2D eigenvalue weighted by Crippen LogP contribution is 2.18. The molecule has 3 N–H and O–H groups in total. The van der Waals surface area contributed by atoms with Gasteiger partial charge < -0.3 is 15.7 Å². The highest BCUT2D eigenvalue weighted by molar-refractivity contribution is 7.89. The van der Waals surface area contributed by atoms with Gasteiger partial charge in [-0.05, 0) is 29.8 Å². The van der Waals surface area contributed by atoms with Gasteiger partial charge in [0.05, 0.1) is 17.1 Å². The van der Waals surface area contributed by atoms with Crippen molar-refractivity contribution in [2.75, 3.05) is 32.6 Å². The normalized spacial score (nSPS) is 11.4. The van der Waals surface area contributed by atoms with E-state index in [1.54, 1.807) is 42.5 Å². The molecule has 2 aromatic rings. The largest absolute Gasteiger partial charge is 0.395 e. The molecular formula is C18H23N3O4S. The highest BCUT2D eigenvalue weighted by Gasteiger charge is 2.17. The molecule has 0 heterocycles. The Balaban J connectivity index is 2.16. The molecule has 0 radical (unpaired) electrons. The zero-order chi connectivity index (χ0) is 19.2. The summed E-state index contributed by atoms with van der Waals surface area (Å²) >= 11 is 0. The summed E-state index contributed by atoms with van der Waals surface area (Å²) in [5.41, 5.74) is 1.86. The summed E-state index contributed by atoms with van der Waals surface area (Å²) in [6.07, 6.45) is 0. The van der Waals surface area contributed by atoms with Gasteiger partial charge in [-0.15, -0.1) is 0 Å². The van der Waals surface area contributed by atoms with E-state index in [2.05, 4.69) is 10.6 Å². The lowest BCUT2D eigenvalue weighted by molar-refractivity contribution is 0.0945. The number of anilines is 1. The molecule has 0 atom stereocenters. The maximum Gasteiger partial charge on any atom is 0.253 e. The molecule has 2 aromatic carbocycles. The Labute approximate surface area is 153 Å². The molecule has 2 rings (SSSR count). The van der Waals surface area contributed by atoms with Crippen LogP contribution in [0.1, 0.15) is 15.9 Å². The van der Waals surface area contributed by atoms with Gasteiger partial charge in [0, 0.05) is 32.9 Å². The molecule has 0 spiro atoms. The quantitative estimate of drug-likeness (QED) is 0.644. The minimum atomic E-state index is -3.50. The standard InChI is InChI=1S/C18H23N3O4S/c1-21(2)26(24,25)15-7-5-6-14(12-15)13-20-17-9-4-3-8-16(17)18(23)19-10-11-22/h3-9,12,20,22H,10-11,13H2,1-2H3,(H,19,23). The molecule has 0 saturated carbocycles. The lowest BCUT2D eigenvalue weighted by Crippen LogP contribution is -2.27. The number of amides is 1. The summed E-state index contributed by atoms with van der Waals surface area (Å²) in [6, 6.07) is 13.7. The van der Waals surface area contributed by atoms with Crippen molar-refractivity contribution in [1.29, 1.82) is 0 Å². The van der Waals surface area contributed by atoms with Crippen LogP contribution in [0.25, 0.3) is 0 Å². The molecule has 0 aliphatic carbocycles. The molecule has 7 nitrogen and oxygen atoms in total. The number of hydrogen-bond acceptors (Lipinski definition) is 5. The number of nitrogens with one attached hydrogen (secondary N) is 2. The summed E-state index contributed by atoms with van der Waals surface area (Å²) in [6.45, 7) is 0.410. The third-order valence-corrected chi connectivity index (χ3v) is 5.54. The number of rotatable bonds is 8. The Morgan fingerprint density at radius 2 is 1.85 bits per heavy atom. The molecular weight excluding hydrogens is 354 g/mol. The Hall–Kier alpha value is -2.42. The first-order valence-electron chi connectivity index (χ1n) is 8.09. The van der Waals surface area contributed by atoms with Gasteiger partial charge in [-0.25, -0.2) is 12.7 Å². The minimum absolute atomic E-state index is 0.130. The van der Waals surface area contributed by atoms with Gasteiger partial charge in [0.2, 0.25) is 10.0 Å². The topological polar surface area (TPSA) is 98.7 Å². The molecule has 8 heteroatoms. The fourth-order valence-electron chi connectivity index (χ4n) is 2.32. The van der Waals surface area contributed by atoms with Gasteiger partial charge in [-0.3, -0.25) is 4.79 Å². The number of carbonyl (C=O) groups excluding carboxylic acids is 1. The molecule has 140 valence electrons. The summed E-state index contributed by atoms with van der Waals surface area (Å²) in [7, 11) is -0.521.